The fourth-order valence-corrected chi connectivity index (χ4v) is 3.66. The van der Waals surface area contributed by atoms with Crippen LogP contribution in [0.25, 0.3) is 0 Å². The lowest BCUT2D eigenvalue weighted by atomic mass is 10.3. The first-order valence-electron chi connectivity index (χ1n) is 8.96. The van der Waals surface area contributed by atoms with E-state index in [2.05, 4.69) is 14.5 Å². The number of carbonyl (C=O) groups excluding carboxylic acids is 1. The smallest absolute Gasteiger partial charge is 0.270 e. The number of ether oxygens (including phenoxy) is 1. The first kappa shape index (κ1) is 16.4. The van der Waals surface area contributed by atoms with Crippen LogP contribution in [0.1, 0.15) is 22.0 Å². The first-order valence-corrected chi connectivity index (χ1v) is 8.96. The summed E-state index contributed by atoms with van der Waals surface area (Å²) >= 11 is 0. The number of imidazole rings is 1. The minimum absolute atomic E-state index is 0.105. The van der Waals surface area contributed by atoms with Crippen molar-refractivity contribution < 1.29 is 9.53 Å². The topological polar surface area (TPSA) is 55.5 Å². The molecule has 134 valence electrons. The summed E-state index contributed by atoms with van der Waals surface area (Å²) in [4.78, 5) is 21.7. The second kappa shape index (κ2) is 7.01. The molecule has 0 radical (unpaired) electrons. The molecule has 4 rings (SSSR count). The molecule has 0 aliphatic carbocycles. The standard InChI is InChI=1S/C18H25N5O2/c1-20-5-2-3-16(20)18(24)22-6-4-17-19-13-15(23(17)8-7-22)14-21-9-11-25-12-10-21/h2-3,5,13H,4,6-12,14H2,1H3. The highest BCUT2D eigenvalue weighted by Gasteiger charge is 2.23. The van der Waals surface area contributed by atoms with Gasteiger partial charge in [0.15, 0.2) is 0 Å². The van der Waals surface area contributed by atoms with Crippen molar-refractivity contribution in [3.63, 3.8) is 0 Å². The molecule has 1 fully saturated rings. The largest absolute Gasteiger partial charge is 0.379 e. The van der Waals surface area contributed by atoms with Crippen LogP contribution >= 0.6 is 0 Å². The van der Waals surface area contributed by atoms with E-state index in [9.17, 15) is 4.79 Å². The Labute approximate surface area is 147 Å². The van der Waals surface area contributed by atoms with Crippen molar-refractivity contribution >= 4 is 5.91 Å². The highest BCUT2D eigenvalue weighted by molar-refractivity contribution is 5.92. The van der Waals surface area contributed by atoms with Gasteiger partial charge >= 0.3 is 0 Å². The van der Waals surface area contributed by atoms with Crippen LogP contribution in [0.15, 0.2) is 24.5 Å². The monoisotopic (exact) mass is 343 g/mol. The van der Waals surface area contributed by atoms with Crippen LogP contribution in [-0.2, 0) is 31.3 Å². The fourth-order valence-electron chi connectivity index (χ4n) is 3.66. The molecule has 4 heterocycles. The summed E-state index contributed by atoms with van der Waals surface area (Å²) in [6.07, 6.45) is 4.72. The lowest BCUT2D eigenvalue weighted by Crippen LogP contribution is -2.36. The number of fused-ring (bicyclic) bond motifs is 1. The maximum Gasteiger partial charge on any atom is 0.270 e. The van der Waals surface area contributed by atoms with E-state index in [1.54, 1.807) is 0 Å². The molecule has 7 heteroatoms. The minimum atomic E-state index is 0.105. The van der Waals surface area contributed by atoms with Crippen LogP contribution in [0.3, 0.4) is 0 Å². The number of amides is 1. The van der Waals surface area contributed by atoms with E-state index < -0.39 is 0 Å². The van der Waals surface area contributed by atoms with E-state index in [0.29, 0.717) is 0 Å². The number of aromatic nitrogens is 3. The number of morpholine rings is 1. The van der Waals surface area contributed by atoms with Gasteiger partial charge in [-0.1, -0.05) is 0 Å². The molecule has 2 aromatic heterocycles. The number of hydrogen-bond acceptors (Lipinski definition) is 4. The highest BCUT2D eigenvalue weighted by Crippen LogP contribution is 2.16. The van der Waals surface area contributed by atoms with Crippen molar-refractivity contribution in [2.45, 2.75) is 19.5 Å². The van der Waals surface area contributed by atoms with E-state index in [0.717, 1.165) is 70.4 Å². The summed E-state index contributed by atoms with van der Waals surface area (Å²) in [5.74, 6) is 1.19. The molecule has 1 amide bonds. The number of hydrogen-bond donors (Lipinski definition) is 0. The third kappa shape index (κ3) is 3.34. The number of nitrogens with zero attached hydrogens (tertiary/aromatic N) is 5. The Morgan fingerprint density at radius 3 is 2.80 bits per heavy atom. The van der Waals surface area contributed by atoms with Crippen molar-refractivity contribution in [3.8, 4) is 0 Å². The zero-order valence-electron chi connectivity index (χ0n) is 14.7. The summed E-state index contributed by atoms with van der Waals surface area (Å²) in [5.41, 5.74) is 1.98. The van der Waals surface area contributed by atoms with E-state index >= 15 is 0 Å². The molecule has 0 unspecified atom stereocenters. The van der Waals surface area contributed by atoms with E-state index in [4.69, 9.17) is 4.74 Å². The predicted molar refractivity (Wildman–Crippen MR) is 93.3 cm³/mol. The van der Waals surface area contributed by atoms with Gasteiger partial charge < -0.3 is 18.8 Å². The van der Waals surface area contributed by atoms with Gasteiger partial charge in [0.25, 0.3) is 5.91 Å². The van der Waals surface area contributed by atoms with Crippen LogP contribution < -0.4 is 0 Å². The van der Waals surface area contributed by atoms with Crippen LogP contribution in [0.5, 0.6) is 0 Å². The molecule has 0 bridgehead atoms. The lowest BCUT2D eigenvalue weighted by Gasteiger charge is -2.27. The normalized spacial score (nSPS) is 18.8. The Balaban J connectivity index is 1.45. The van der Waals surface area contributed by atoms with Gasteiger partial charge in [0.2, 0.25) is 0 Å². The molecular formula is C18H25N5O2. The molecular weight excluding hydrogens is 318 g/mol. The minimum Gasteiger partial charge on any atom is -0.379 e. The second-order valence-electron chi connectivity index (χ2n) is 6.75. The third-order valence-electron chi connectivity index (χ3n) is 5.16. The zero-order chi connectivity index (χ0) is 17.2. The average Bonchev–Trinajstić information content (AvgIpc) is 3.15. The average molecular weight is 343 g/mol. The zero-order valence-corrected chi connectivity index (χ0v) is 14.7. The molecule has 0 spiro atoms. The fraction of sp³-hybridized carbons (Fsp3) is 0.556. The van der Waals surface area contributed by atoms with Crippen molar-refractivity contribution in [2.24, 2.45) is 7.05 Å². The Hall–Kier alpha value is -2.12. The van der Waals surface area contributed by atoms with Crippen molar-refractivity contribution in [3.05, 3.63) is 41.7 Å². The van der Waals surface area contributed by atoms with Crippen LogP contribution in [0, 0.1) is 0 Å². The van der Waals surface area contributed by atoms with Gasteiger partial charge in [0.1, 0.15) is 11.5 Å². The van der Waals surface area contributed by atoms with E-state index in [-0.39, 0.29) is 5.91 Å². The Morgan fingerprint density at radius 1 is 1.20 bits per heavy atom. The maximum absolute atomic E-state index is 12.8. The number of carbonyl (C=O) groups is 1. The molecule has 2 aliphatic heterocycles. The predicted octanol–water partition coefficient (Wildman–Crippen LogP) is 0.752. The summed E-state index contributed by atoms with van der Waals surface area (Å²) < 4.78 is 9.61. The van der Waals surface area contributed by atoms with Crippen molar-refractivity contribution in [1.82, 2.24) is 23.9 Å². The molecule has 0 atom stereocenters. The molecule has 0 aromatic carbocycles. The highest BCUT2D eigenvalue weighted by atomic mass is 16.5. The van der Waals surface area contributed by atoms with Gasteiger partial charge in [0, 0.05) is 65.1 Å². The Kier molecular flexibility index (Phi) is 4.59. The Morgan fingerprint density at radius 2 is 2.04 bits per heavy atom. The van der Waals surface area contributed by atoms with Gasteiger partial charge in [-0.25, -0.2) is 4.98 Å². The van der Waals surface area contributed by atoms with Crippen LogP contribution in [0.2, 0.25) is 0 Å². The van der Waals surface area contributed by atoms with Gasteiger partial charge in [-0.2, -0.15) is 0 Å². The lowest BCUT2D eigenvalue weighted by molar-refractivity contribution is 0.0331. The third-order valence-corrected chi connectivity index (χ3v) is 5.16. The van der Waals surface area contributed by atoms with Gasteiger partial charge in [0.05, 0.1) is 18.9 Å². The van der Waals surface area contributed by atoms with Crippen molar-refractivity contribution in [2.75, 3.05) is 39.4 Å². The summed E-state index contributed by atoms with van der Waals surface area (Å²) in [7, 11) is 1.91. The summed E-state index contributed by atoms with van der Waals surface area (Å²) in [5, 5.41) is 0. The second-order valence-corrected chi connectivity index (χ2v) is 6.75. The van der Waals surface area contributed by atoms with Crippen LogP contribution in [0.4, 0.5) is 0 Å². The SMILES string of the molecule is Cn1cccc1C(=O)N1CCc2ncc(CN3CCOCC3)n2CC1. The number of aryl methyl sites for hydroxylation is 1. The van der Waals surface area contributed by atoms with Gasteiger partial charge in [-0.15, -0.1) is 0 Å². The van der Waals surface area contributed by atoms with Gasteiger partial charge in [-0.3, -0.25) is 9.69 Å². The van der Waals surface area contributed by atoms with Crippen LogP contribution in [-0.4, -0.2) is 69.2 Å². The molecule has 7 nitrogen and oxygen atoms in total. The maximum atomic E-state index is 12.8. The molecule has 2 aliphatic rings. The molecule has 0 saturated carbocycles. The van der Waals surface area contributed by atoms with Gasteiger partial charge in [-0.05, 0) is 12.1 Å². The summed E-state index contributed by atoms with van der Waals surface area (Å²) in [6, 6.07) is 3.80. The molecule has 0 N–H and O–H groups in total. The molecule has 2 aromatic rings. The summed E-state index contributed by atoms with van der Waals surface area (Å²) in [6.45, 7) is 6.71. The van der Waals surface area contributed by atoms with E-state index in [1.165, 1.54) is 5.69 Å². The molecule has 1 saturated heterocycles. The number of rotatable bonds is 3. The molecule has 25 heavy (non-hydrogen) atoms. The Bertz CT molecular complexity index is 744. The quantitative estimate of drug-likeness (QED) is 0.825. The van der Waals surface area contributed by atoms with Crippen molar-refractivity contribution in [1.29, 1.82) is 0 Å². The first-order chi connectivity index (χ1) is 12.2. The van der Waals surface area contributed by atoms with E-state index in [1.807, 2.05) is 41.0 Å².